The fraction of sp³-hybridized carbons (Fsp3) is 0.0556. The van der Waals surface area contributed by atoms with Crippen LogP contribution in [0.25, 0.3) is 0 Å². The summed E-state index contributed by atoms with van der Waals surface area (Å²) < 4.78 is 7.00. The van der Waals surface area contributed by atoms with Gasteiger partial charge >= 0.3 is 0 Å². The number of nitriles is 1. The number of anilines is 1. The van der Waals surface area contributed by atoms with Gasteiger partial charge in [0.05, 0.1) is 17.2 Å². The van der Waals surface area contributed by atoms with Crippen molar-refractivity contribution in [2.45, 2.75) is 5.92 Å². The average Bonchev–Trinajstić information content (AvgIpc) is 2.62. The fourth-order valence-corrected chi connectivity index (χ4v) is 3.10. The zero-order chi connectivity index (χ0) is 17.6. The Morgan fingerprint density at radius 3 is 2.84 bits per heavy atom. The third kappa shape index (κ3) is 2.28. The third-order valence-electron chi connectivity index (χ3n) is 4.24. The van der Waals surface area contributed by atoms with E-state index in [-0.39, 0.29) is 11.4 Å². The lowest BCUT2D eigenvalue weighted by molar-refractivity contribution is 0.426. The number of hydrogen-bond donors (Lipinski definition) is 3. The number of aromatic nitrogens is 2. The first-order chi connectivity index (χ1) is 12.1. The predicted octanol–water partition coefficient (Wildman–Crippen LogP) is 1.82. The monoisotopic (exact) mass is 330 g/mol. The molecule has 2 heterocycles. The van der Waals surface area contributed by atoms with E-state index in [4.69, 9.17) is 27.0 Å². The predicted molar refractivity (Wildman–Crippen MR) is 91.3 cm³/mol. The average molecular weight is 330 g/mol. The molecule has 4 rings (SSSR count). The molecule has 0 aliphatic carbocycles. The van der Waals surface area contributed by atoms with Gasteiger partial charge in [-0.2, -0.15) is 5.26 Å². The van der Waals surface area contributed by atoms with Crippen molar-refractivity contribution in [2.24, 2.45) is 0 Å². The van der Waals surface area contributed by atoms with Gasteiger partial charge in [-0.25, -0.2) is 9.66 Å². The van der Waals surface area contributed by atoms with E-state index in [1.54, 1.807) is 18.2 Å². The second kappa shape index (κ2) is 5.39. The fourth-order valence-electron chi connectivity index (χ4n) is 3.10. The van der Waals surface area contributed by atoms with Crippen molar-refractivity contribution in [3.05, 3.63) is 76.5 Å². The molecule has 0 spiro atoms. The smallest absolute Gasteiger partial charge is 0.228 e. The number of rotatable bonds is 1. The van der Waals surface area contributed by atoms with Gasteiger partial charge in [0.25, 0.3) is 0 Å². The Labute approximate surface area is 143 Å². The van der Waals surface area contributed by atoms with Crippen LogP contribution in [-0.4, -0.2) is 9.66 Å². The van der Waals surface area contributed by atoms with Crippen LogP contribution in [0.15, 0.2) is 48.8 Å². The normalized spacial score (nSPS) is 14.8. The van der Waals surface area contributed by atoms with Crippen molar-refractivity contribution in [1.29, 1.82) is 10.7 Å². The maximum absolute atomic E-state index is 9.15. The zero-order valence-corrected chi connectivity index (χ0v) is 13.1. The molecule has 0 bridgehead atoms. The van der Waals surface area contributed by atoms with Gasteiger partial charge in [0, 0.05) is 17.2 Å². The molecule has 1 aromatic heterocycles. The minimum Gasteiger partial charge on any atom is -0.438 e. The van der Waals surface area contributed by atoms with E-state index in [1.807, 2.05) is 24.3 Å². The van der Waals surface area contributed by atoms with Crippen LogP contribution in [0.2, 0.25) is 0 Å². The highest BCUT2D eigenvalue weighted by Gasteiger charge is 2.32. The first-order valence-electron chi connectivity index (χ1n) is 7.57. The quantitative estimate of drug-likeness (QED) is 0.362. The van der Waals surface area contributed by atoms with Crippen molar-refractivity contribution >= 4 is 5.69 Å². The maximum Gasteiger partial charge on any atom is 0.228 e. The van der Waals surface area contributed by atoms with Crippen LogP contribution >= 0.6 is 0 Å². The van der Waals surface area contributed by atoms with E-state index in [0.29, 0.717) is 28.4 Å². The summed E-state index contributed by atoms with van der Waals surface area (Å²) in [6, 6.07) is 14.8. The van der Waals surface area contributed by atoms with Gasteiger partial charge in [0.2, 0.25) is 5.88 Å². The Balaban J connectivity index is 2.04. The number of nitrogens with zero attached hydrogens (tertiary/aromatic N) is 3. The van der Waals surface area contributed by atoms with E-state index >= 15 is 0 Å². The van der Waals surface area contributed by atoms with Crippen molar-refractivity contribution in [2.75, 3.05) is 11.6 Å². The molecule has 0 amide bonds. The topological polar surface area (TPSA) is 127 Å². The van der Waals surface area contributed by atoms with E-state index in [9.17, 15) is 0 Å². The number of ether oxygens (including phenoxy) is 1. The standard InChI is InChI=1S/C18H14N6O/c19-8-10-4-5-13-14(6-10)25-18-16(17(21)24(22)9-23-18)15(13)11-2-1-3-12(20)7-11/h1-7,9,15,21H,20,22H2. The Morgan fingerprint density at radius 1 is 1.24 bits per heavy atom. The summed E-state index contributed by atoms with van der Waals surface area (Å²) in [6.45, 7) is 0. The lowest BCUT2D eigenvalue weighted by Gasteiger charge is -2.28. The number of benzene rings is 2. The highest BCUT2D eigenvalue weighted by molar-refractivity contribution is 5.59. The second-order valence-corrected chi connectivity index (χ2v) is 5.79. The van der Waals surface area contributed by atoms with Crippen molar-refractivity contribution in [1.82, 2.24) is 9.66 Å². The van der Waals surface area contributed by atoms with Gasteiger partial charge in [0.1, 0.15) is 12.1 Å². The van der Waals surface area contributed by atoms with Crippen LogP contribution in [0, 0.1) is 16.7 Å². The van der Waals surface area contributed by atoms with Gasteiger partial charge in [-0.3, -0.25) is 5.41 Å². The molecule has 1 aliphatic rings. The van der Waals surface area contributed by atoms with Crippen LogP contribution in [0.1, 0.15) is 28.2 Å². The van der Waals surface area contributed by atoms with Crippen molar-refractivity contribution in [3.8, 4) is 17.7 Å². The van der Waals surface area contributed by atoms with E-state index in [1.165, 1.54) is 6.33 Å². The summed E-state index contributed by atoms with van der Waals surface area (Å²) >= 11 is 0. The molecule has 122 valence electrons. The van der Waals surface area contributed by atoms with E-state index < -0.39 is 0 Å². The molecule has 1 aliphatic heterocycles. The molecule has 0 fully saturated rings. The second-order valence-electron chi connectivity index (χ2n) is 5.79. The molecular formula is C18H14N6O. The number of nitrogens with one attached hydrogen (secondary N) is 1. The van der Waals surface area contributed by atoms with Gasteiger partial charge in [-0.05, 0) is 29.8 Å². The van der Waals surface area contributed by atoms with Crippen molar-refractivity contribution < 1.29 is 4.74 Å². The molecule has 1 unspecified atom stereocenters. The molecule has 0 saturated heterocycles. The zero-order valence-electron chi connectivity index (χ0n) is 13.1. The molecule has 2 aromatic carbocycles. The Morgan fingerprint density at radius 2 is 2.08 bits per heavy atom. The Hall–Kier alpha value is -3.79. The van der Waals surface area contributed by atoms with Crippen LogP contribution in [-0.2, 0) is 0 Å². The minimum absolute atomic E-state index is 0.104. The summed E-state index contributed by atoms with van der Waals surface area (Å²) in [4.78, 5) is 4.21. The molecule has 0 radical (unpaired) electrons. The summed E-state index contributed by atoms with van der Waals surface area (Å²) in [5, 5.41) is 17.5. The summed E-state index contributed by atoms with van der Waals surface area (Å²) in [5.41, 5.74) is 9.46. The molecule has 7 nitrogen and oxygen atoms in total. The van der Waals surface area contributed by atoms with Gasteiger partial charge in [-0.1, -0.05) is 18.2 Å². The molecule has 7 heteroatoms. The van der Waals surface area contributed by atoms with Crippen LogP contribution < -0.4 is 21.8 Å². The highest BCUT2D eigenvalue weighted by atomic mass is 16.5. The first-order valence-corrected chi connectivity index (χ1v) is 7.57. The summed E-state index contributed by atoms with van der Waals surface area (Å²) in [5.74, 6) is 6.36. The number of nitrogens with two attached hydrogens (primary N) is 2. The first kappa shape index (κ1) is 14.8. The molecule has 5 N–H and O–H groups in total. The lowest BCUT2D eigenvalue weighted by atomic mass is 9.83. The van der Waals surface area contributed by atoms with E-state index in [2.05, 4.69) is 11.1 Å². The van der Waals surface area contributed by atoms with Crippen LogP contribution in [0.3, 0.4) is 0 Å². The van der Waals surface area contributed by atoms with Crippen LogP contribution in [0.4, 0.5) is 5.69 Å². The van der Waals surface area contributed by atoms with Crippen LogP contribution in [0.5, 0.6) is 11.6 Å². The highest BCUT2D eigenvalue weighted by Crippen LogP contribution is 2.45. The third-order valence-corrected chi connectivity index (χ3v) is 4.24. The summed E-state index contributed by atoms with van der Waals surface area (Å²) in [7, 11) is 0. The lowest BCUT2D eigenvalue weighted by Crippen LogP contribution is -2.33. The number of hydrogen-bond acceptors (Lipinski definition) is 6. The number of fused-ring (bicyclic) bond motifs is 2. The molecule has 3 aromatic rings. The van der Waals surface area contributed by atoms with Gasteiger partial charge < -0.3 is 16.3 Å². The number of nitrogen functional groups attached to an aromatic ring is 2. The van der Waals surface area contributed by atoms with Crippen molar-refractivity contribution in [3.63, 3.8) is 0 Å². The Bertz CT molecular complexity index is 1100. The van der Waals surface area contributed by atoms with E-state index in [0.717, 1.165) is 15.8 Å². The molecule has 1 atom stereocenters. The van der Waals surface area contributed by atoms with Gasteiger partial charge in [0.15, 0.2) is 5.49 Å². The molecular weight excluding hydrogens is 316 g/mol. The van der Waals surface area contributed by atoms with Gasteiger partial charge in [-0.15, -0.1) is 0 Å². The SMILES string of the molecule is N#Cc1ccc2c(c1)Oc1ncn(N)c(=N)c1C2c1cccc(N)c1. The largest absolute Gasteiger partial charge is 0.438 e. The summed E-state index contributed by atoms with van der Waals surface area (Å²) in [6.07, 6.45) is 1.33. The minimum atomic E-state index is -0.314. The Kier molecular flexibility index (Phi) is 3.18. The molecule has 0 saturated carbocycles. The maximum atomic E-state index is 9.15. The molecule has 25 heavy (non-hydrogen) atoms.